The molecule has 1 aromatic heterocycles. The van der Waals surface area contributed by atoms with Crippen molar-refractivity contribution in [2.45, 2.75) is 0 Å². The van der Waals surface area contributed by atoms with Crippen LogP contribution in [0, 0.1) is 0 Å². The minimum Gasteiger partial charge on any atom is -0.289 e. The molecule has 0 atom stereocenters. The maximum atomic E-state index is 13.1. The van der Waals surface area contributed by atoms with Crippen LogP contribution in [0.4, 0.5) is 0 Å². The highest BCUT2D eigenvalue weighted by molar-refractivity contribution is 7.25. The highest BCUT2D eigenvalue weighted by Gasteiger charge is 2.23. The fourth-order valence-electron chi connectivity index (χ4n) is 3.57. The number of hydrogen-bond acceptors (Lipinski definition) is 5. The summed E-state index contributed by atoms with van der Waals surface area (Å²) in [5.74, 6) is 0. The molecule has 0 bridgehead atoms. The van der Waals surface area contributed by atoms with Gasteiger partial charge in [-0.25, -0.2) is 0 Å². The number of fused-ring (bicyclic) bond motifs is 5. The van der Waals surface area contributed by atoms with E-state index in [1.807, 2.05) is 0 Å². The Labute approximate surface area is 163 Å². The van der Waals surface area contributed by atoms with Crippen molar-refractivity contribution in [3.63, 3.8) is 0 Å². The van der Waals surface area contributed by atoms with E-state index < -0.39 is 21.7 Å². The molecule has 27 heavy (non-hydrogen) atoms. The van der Waals surface area contributed by atoms with Gasteiger partial charge in [-0.1, -0.05) is 47.5 Å². The highest BCUT2D eigenvalue weighted by atomic mass is 35.5. The van der Waals surface area contributed by atoms with Gasteiger partial charge in [0.25, 0.3) is 0 Å². The van der Waals surface area contributed by atoms with Crippen LogP contribution in [-0.4, -0.2) is 0 Å². The predicted molar refractivity (Wildman–Crippen MR) is 112 cm³/mol. The first-order chi connectivity index (χ1) is 12.9. The minimum atomic E-state index is -0.519. The molecule has 0 aliphatic carbocycles. The van der Waals surface area contributed by atoms with Gasteiger partial charge in [0.1, 0.15) is 0 Å². The molecule has 7 heteroatoms. The lowest BCUT2D eigenvalue weighted by Gasteiger charge is -2.00. The first-order valence-corrected chi connectivity index (χ1v) is 9.41. The smallest absolute Gasteiger partial charge is 0.205 e. The van der Waals surface area contributed by atoms with Gasteiger partial charge in [0, 0.05) is 10.8 Å². The molecule has 0 unspecified atom stereocenters. The summed E-state index contributed by atoms with van der Waals surface area (Å²) in [5.41, 5.74) is -1.89. The largest absolute Gasteiger partial charge is 0.289 e. The highest BCUT2D eigenvalue weighted by Crippen LogP contribution is 2.31. The average Bonchev–Trinajstić information content (AvgIpc) is 3.05. The SMILES string of the molecule is O=c1c2cccc(Cl)c2c(=O)c2c1sc1c(=O)c3c(Cl)cccc3c(=O)c12. The quantitative estimate of drug-likeness (QED) is 0.385. The molecule has 0 saturated carbocycles. The van der Waals surface area contributed by atoms with Crippen LogP contribution in [0.25, 0.3) is 41.7 Å². The molecule has 0 aliphatic heterocycles. The summed E-state index contributed by atoms with van der Waals surface area (Å²) < 4.78 is 0.154. The topological polar surface area (TPSA) is 68.3 Å². The summed E-state index contributed by atoms with van der Waals surface area (Å²) in [6, 6.07) is 9.18. The van der Waals surface area contributed by atoms with Gasteiger partial charge in [0.05, 0.1) is 41.0 Å². The van der Waals surface area contributed by atoms with Crippen molar-refractivity contribution in [1.29, 1.82) is 0 Å². The Bertz CT molecular complexity index is 1680. The van der Waals surface area contributed by atoms with E-state index in [0.29, 0.717) is 0 Å². The van der Waals surface area contributed by atoms with Gasteiger partial charge >= 0.3 is 0 Å². The van der Waals surface area contributed by atoms with E-state index in [2.05, 4.69) is 0 Å². The summed E-state index contributed by atoms with van der Waals surface area (Å²) in [5, 5.41) is 0.699. The second kappa shape index (κ2) is 5.45. The maximum absolute atomic E-state index is 13.1. The molecule has 1 heterocycles. The number of halogens is 2. The fraction of sp³-hybridized carbons (Fsp3) is 0. The Balaban J connectivity index is 2.25. The van der Waals surface area contributed by atoms with Gasteiger partial charge in [0.2, 0.25) is 10.9 Å². The minimum absolute atomic E-state index is 0.0290. The lowest BCUT2D eigenvalue weighted by molar-refractivity contribution is 1.69. The van der Waals surface area contributed by atoms with Gasteiger partial charge in [-0.15, -0.1) is 11.3 Å². The van der Waals surface area contributed by atoms with Gasteiger partial charge in [-0.3, -0.25) is 19.2 Å². The first kappa shape index (κ1) is 16.6. The van der Waals surface area contributed by atoms with Crippen molar-refractivity contribution in [2.24, 2.45) is 0 Å². The first-order valence-electron chi connectivity index (χ1n) is 7.84. The lowest BCUT2D eigenvalue weighted by atomic mass is 10.0. The van der Waals surface area contributed by atoms with Crippen LogP contribution >= 0.6 is 34.5 Å². The third-order valence-corrected chi connectivity index (χ3v) is 6.56. The van der Waals surface area contributed by atoms with Crippen LogP contribution in [0.1, 0.15) is 0 Å². The Morgan fingerprint density at radius 3 is 1.67 bits per heavy atom. The van der Waals surface area contributed by atoms with Crippen LogP contribution in [-0.2, 0) is 0 Å². The van der Waals surface area contributed by atoms with Crippen molar-refractivity contribution in [3.05, 3.63) is 87.3 Å². The molecule has 130 valence electrons. The Morgan fingerprint density at radius 1 is 0.556 bits per heavy atom. The predicted octanol–water partition coefficient (Wildman–Crippen LogP) is 3.98. The summed E-state index contributed by atoms with van der Waals surface area (Å²) in [7, 11) is 0. The van der Waals surface area contributed by atoms with Crippen molar-refractivity contribution < 1.29 is 0 Å². The second-order valence-electron chi connectivity index (χ2n) is 6.15. The Kier molecular flexibility index (Phi) is 3.35. The van der Waals surface area contributed by atoms with Crippen LogP contribution in [0.2, 0.25) is 10.0 Å². The van der Waals surface area contributed by atoms with Crippen LogP contribution in [0.5, 0.6) is 0 Å². The zero-order valence-electron chi connectivity index (χ0n) is 13.3. The van der Waals surface area contributed by atoms with E-state index in [1.54, 1.807) is 12.1 Å². The number of hydrogen-bond donors (Lipinski definition) is 0. The summed E-state index contributed by atoms with van der Waals surface area (Å²) in [6.07, 6.45) is 0. The molecule has 0 amide bonds. The second-order valence-corrected chi connectivity index (χ2v) is 7.99. The average molecular weight is 413 g/mol. The van der Waals surface area contributed by atoms with E-state index in [4.69, 9.17) is 23.2 Å². The summed E-state index contributed by atoms with van der Waals surface area (Å²) in [6.45, 7) is 0. The van der Waals surface area contributed by atoms with E-state index in [0.717, 1.165) is 11.3 Å². The van der Waals surface area contributed by atoms with Gasteiger partial charge in [0.15, 0.2) is 10.9 Å². The van der Waals surface area contributed by atoms with E-state index in [-0.39, 0.29) is 51.8 Å². The number of thiophene rings is 1. The zero-order valence-corrected chi connectivity index (χ0v) is 15.6. The monoisotopic (exact) mass is 412 g/mol. The standard InChI is InChI=1S/C20H6Cl2O4S/c21-9-5-2-4-8-11(9)17(25)14-13-15(23)7-3-1-6-10(22)12(7)18(26)20(13)27-19(14)16(8)24/h1-6H. The van der Waals surface area contributed by atoms with Gasteiger partial charge in [-0.05, 0) is 12.1 Å². The van der Waals surface area contributed by atoms with Gasteiger partial charge in [-0.2, -0.15) is 0 Å². The summed E-state index contributed by atoms with van der Waals surface area (Å²) >= 11 is 13.1. The van der Waals surface area contributed by atoms with Crippen molar-refractivity contribution >= 4 is 76.3 Å². The molecule has 4 aromatic carbocycles. The van der Waals surface area contributed by atoms with Crippen LogP contribution in [0.15, 0.2) is 55.6 Å². The molecule has 5 rings (SSSR count). The third-order valence-electron chi connectivity index (χ3n) is 4.75. The van der Waals surface area contributed by atoms with Crippen molar-refractivity contribution in [3.8, 4) is 0 Å². The fourth-order valence-corrected chi connectivity index (χ4v) is 5.28. The van der Waals surface area contributed by atoms with Crippen LogP contribution in [0.3, 0.4) is 0 Å². The molecule has 0 aliphatic rings. The van der Waals surface area contributed by atoms with Crippen LogP contribution < -0.4 is 21.7 Å². The molecule has 0 N–H and O–H groups in total. The van der Waals surface area contributed by atoms with E-state index >= 15 is 0 Å². The van der Waals surface area contributed by atoms with Crippen molar-refractivity contribution in [1.82, 2.24) is 0 Å². The molecular formula is C20H6Cl2O4S. The number of benzene rings is 4. The lowest BCUT2D eigenvalue weighted by Crippen LogP contribution is -2.15. The Hall–Kier alpha value is -2.60. The molecule has 0 fully saturated rings. The molecule has 4 nitrogen and oxygen atoms in total. The maximum Gasteiger partial charge on any atom is 0.205 e. The normalized spacial score (nSPS) is 11.9. The molecular weight excluding hydrogens is 407 g/mol. The molecule has 0 radical (unpaired) electrons. The molecule has 0 spiro atoms. The van der Waals surface area contributed by atoms with E-state index in [9.17, 15) is 19.2 Å². The Morgan fingerprint density at radius 2 is 1.04 bits per heavy atom. The third kappa shape index (κ3) is 1.99. The molecule has 5 aromatic rings. The number of rotatable bonds is 0. The van der Waals surface area contributed by atoms with Gasteiger partial charge < -0.3 is 0 Å². The zero-order chi connectivity index (χ0) is 19.0. The van der Waals surface area contributed by atoms with Crippen molar-refractivity contribution in [2.75, 3.05) is 0 Å². The molecule has 0 saturated heterocycles. The van der Waals surface area contributed by atoms with E-state index in [1.165, 1.54) is 24.3 Å². The summed E-state index contributed by atoms with van der Waals surface area (Å²) in [4.78, 5) is 52.1.